The molecule has 14 heavy (non-hydrogen) atoms. The molecule has 1 aromatic carbocycles. The Morgan fingerprint density at radius 3 is 2.79 bits per heavy atom. The standard InChI is InChI=1S/C11H11ClS2/c1-2-7-6-14-9-4-3-8(5-12)11(13)10(7)9/h3-4,6,13H,2,5H2,1H3. The first-order valence-electron chi connectivity index (χ1n) is 4.54. The van der Waals surface area contributed by atoms with Crippen molar-refractivity contribution in [2.75, 3.05) is 0 Å². The quantitative estimate of drug-likeness (QED) is 0.582. The van der Waals surface area contributed by atoms with Crippen molar-refractivity contribution in [3.8, 4) is 0 Å². The van der Waals surface area contributed by atoms with Gasteiger partial charge in [-0.2, -0.15) is 0 Å². The molecule has 0 radical (unpaired) electrons. The van der Waals surface area contributed by atoms with Gasteiger partial charge in [0.05, 0.1) is 0 Å². The number of aryl methyl sites for hydroxylation is 1. The zero-order valence-corrected chi connectivity index (χ0v) is 10.3. The number of thiophene rings is 1. The average molecular weight is 243 g/mol. The number of thiol groups is 1. The van der Waals surface area contributed by atoms with Gasteiger partial charge in [0.25, 0.3) is 0 Å². The van der Waals surface area contributed by atoms with Crippen LogP contribution in [0.1, 0.15) is 18.1 Å². The Labute approximate surface area is 98.3 Å². The zero-order chi connectivity index (χ0) is 10.1. The largest absolute Gasteiger partial charge is 0.143 e. The first-order chi connectivity index (χ1) is 6.77. The molecular weight excluding hydrogens is 232 g/mol. The number of hydrogen-bond donors (Lipinski definition) is 1. The Morgan fingerprint density at radius 1 is 1.36 bits per heavy atom. The van der Waals surface area contributed by atoms with Gasteiger partial charge in [-0.3, -0.25) is 0 Å². The molecule has 0 saturated heterocycles. The van der Waals surface area contributed by atoms with E-state index < -0.39 is 0 Å². The second-order valence-corrected chi connectivity index (χ2v) is 4.82. The molecule has 0 nitrogen and oxygen atoms in total. The van der Waals surface area contributed by atoms with Crippen LogP contribution >= 0.6 is 35.6 Å². The van der Waals surface area contributed by atoms with Crippen LogP contribution < -0.4 is 0 Å². The fourth-order valence-electron chi connectivity index (χ4n) is 1.59. The normalized spacial score (nSPS) is 11.1. The van der Waals surface area contributed by atoms with Gasteiger partial charge < -0.3 is 0 Å². The molecule has 2 aromatic rings. The van der Waals surface area contributed by atoms with Crippen LogP contribution in [0.2, 0.25) is 0 Å². The molecule has 0 aliphatic carbocycles. The smallest absolute Gasteiger partial charge is 0.0485 e. The number of benzene rings is 1. The maximum absolute atomic E-state index is 5.85. The highest BCUT2D eigenvalue weighted by molar-refractivity contribution is 7.80. The molecule has 0 atom stereocenters. The van der Waals surface area contributed by atoms with Crippen LogP contribution in [0.5, 0.6) is 0 Å². The maximum Gasteiger partial charge on any atom is 0.0485 e. The minimum absolute atomic E-state index is 0.535. The van der Waals surface area contributed by atoms with Gasteiger partial charge in [0.1, 0.15) is 0 Å². The monoisotopic (exact) mass is 242 g/mol. The van der Waals surface area contributed by atoms with E-state index in [1.54, 1.807) is 11.3 Å². The van der Waals surface area contributed by atoms with Gasteiger partial charge in [-0.1, -0.05) is 13.0 Å². The molecule has 0 saturated carbocycles. The van der Waals surface area contributed by atoms with Crippen molar-refractivity contribution in [1.29, 1.82) is 0 Å². The first-order valence-corrected chi connectivity index (χ1v) is 6.41. The molecule has 1 aromatic heterocycles. The molecule has 0 aliphatic heterocycles. The van der Waals surface area contributed by atoms with E-state index in [-0.39, 0.29) is 0 Å². The van der Waals surface area contributed by atoms with Crippen LogP contribution in [0.15, 0.2) is 22.4 Å². The third-order valence-electron chi connectivity index (χ3n) is 2.40. The highest BCUT2D eigenvalue weighted by Crippen LogP contribution is 2.34. The highest BCUT2D eigenvalue weighted by Gasteiger charge is 2.08. The van der Waals surface area contributed by atoms with E-state index in [1.165, 1.54) is 15.6 Å². The molecule has 0 bridgehead atoms. The highest BCUT2D eigenvalue weighted by atomic mass is 35.5. The summed E-state index contributed by atoms with van der Waals surface area (Å²) in [6.45, 7) is 2.17. The van der Waals surface area contributed by atoms with Gasteiger partial charge in [-0.05, 0) is 29.0 Å². The molecule has 0 fully saturated rings. The van der Waals surface area contributed by atoms with E-state index in [0.29, 0.717) is 5.88 Å². The molecule has 3 heteroatoms. The second kappa shape index (κ2) is 4.13. The van der Waals surface area contributed by atoms with E-state index >= 15 is 0 Å². The Kier molecular flexibility index (Phi) is 3.05. The Hall–Kier alpha value is -0.180. The molecule has 0 amide bonds. The minimum Gasteiger partial charge on any atom is -0.143 e. The molecule has 0 N–H and O–H groups in total. The van der Waals surface area contributed by atoms with Crippen molar-refractivity contribution in [3.05, 3.63) is 28.6 Å². The maximum atomic E-state index is 5.85. The van der Waals surface area contributed by atoms with Crippen LogP contribution in [-0.4, -0.2) is 0 Å². The summed E-state index contributed by atoms with van der Waals surface area (Å²) in [5.41, 5.74) is 2.50. The Balaban J connectivity index is 2.77. The van der Waals surface area contributed by atoms with Crippen molar-refractivity contribution in [1.82, 2.24) is 0 Å². The van der Waals surface area contributed by atoms with E-state index in [2.05, 4.69) is 37.1 Å². The Morgan fingerprint density at radius 2 is 2.14 bits per heavy atom. The number of fused-ring (bicyclic) bond motifs is 1. The summed E-state index contributed by atoms with van der Waals surface area (Å²) < 4.78 is 1.31. The minimum atomic E-state index is 0.535. The van der Waals surface area contributed by atoms with E-state index in [9.17, 15) is 0 Å². The fraction of sp³-hybridized carbons (Fsp3) is 0.273. The lowest BCUT2D eigenvalue weighted by atomic mass is 10.1. The molecule has 0 aliphatic rings. The lowest BCUT2D eigenvalue weighted by Crippen LogP contribution is -1.84. The van der Waals surface area contributed by atoms with E-state index in [4.69, 9.17) is 11.6 Å². The SMILES string of the molecule is CCc1csc2ccc(CCl)c(S)c12. The predicted octanol–water partition coefficient (Wildman–Crippen LogP) is 4.49. The van der Waals surface area contributed by atoms with Crippen molar-refractivity contribution in [3.63, 3.8) is 0 Å². The third-order valence-corrected chi connectivity index (χ3v) is 4.19. The number of halogens is 1. The Bertz CT molecular complexity index is 460. The summed E-state index contributed by atoms with van der Waals surface area (Å²) in [6, 6.07) is 4.20. The van der Waals surface area contributed by atoms with Crippen LogP contribution in [0.4, 0.5) is 0 Å². The van der Waals surface area contributed by atoms with Gasteiger partial charge in [-0.15, -0.1) is 35.6 Å². The van der Waals surface area contributed by atoms with Crippen molar-refractivity contribution in [2.24, 2.45) is 0 Å². The van der Waals surface area contributed by atoms with Gasteiger partial charge in [0.2, 0.25) is 0 Å². The lowest BCUT2D eigenvalue weighted by molar-refractivity contribution is 1.16. The topological polar surface area (TPSA) is 0 Å². The van der Waals surface area contributed by atoms with Crippen LogP contribution in [0.3, 0.4) is 0 Å². The van der Waals surface area contributed by atoms with Crippen LogP contribution in [-0.2, 0) is 12.3 Å². The van der Waals surface area contributed by atoms with Crippen molar-refractivity contribution < 1.29 is 0 Å². The summed E-state index contributed by atoms with van der Waals surface area (Å²) in [5, 5.41) is 3.50. The molecule has 0 unspecified atom stereocenters. The lowest BCUT2D eigenvalue weighted by Gasteiger charge is -2.04. The summed E-state index contributed by atoms with van der Waals surface area (Å²) >= 11 is 12.2. The number of alkyl halides is 1. The van der Waals surface area contributed by atoms with Crippen LogP contribution in [0.25, 0.3) is 10.1 Å². The molecular formula is C11H11ClS2. The van der Waals surface area contributed by atoms with Crippen LogP contribution in [0, 0.1) is 0 Å². The zero-order valence-electron chi connectivity index (χ0n) is 7.88. The summed E-state index contributed by atoms with van der Waals surface area (Å²) in [5.74, 6) is 0.535. The predicted molar refractivity (Wildman–Crippen MR) is 68.0 cm³/mol. The molecule has 0 spiro atoms. The van der Waals surface area contributed by atoms with Crippen molar-refractivity contribution >= 4 is 45.7 Å². The van der Waals surface area contributed by atoms with Crippen molar-refractivity contribution in [2.45, 2.75) is 24.1 Å². The summed E-state index contributed by atoms with van der Waals surface area (Å²) in [7, 11) is 0. The van der Waals surface area contributed by atoms with Gasteiger partial charge in [0, 0.05) is 20.9 Å². The van der Waals surface area contributed by atoms with Gasteiger partial charge in [-0.25, -0.2) is 0 Å². The second-order valence-electron chi connectivity index (χ2n) is 3.19. The van der Waals surface area contributed by atoms with E-state index in [1.807, 2.05) is 0 Å². The average Bonchev–Trinajstić information content (AvgIpc) is 2.62. The van der Waals surface area contributed by atoms with Gasteiger partial charge >= 0.3 is 0 Å². The van der Waals surface area contributed by atoms with Gasteiger partial charge in [0.15, 0.2) is 0 Å². The van der Waals surface area contributed by atoms with E-state index in [0.717, 1.165) is 16.9 Å². The number of hydrogen-bond acceptors (Lipinski definition) is 2. The first kappa shape index (κ1) is 10.3. The molecule has 74 valence electrons. The summed E-state index contributed by atoms with van der Waals surface area (Å²) in [4.78, 5) is 1.05. The third kappa shape index (κ3) is 1.56. The fourth-order valence-corrected chi connectivity index (χ4v) is 3.45. The number of rotatable bonds is 2. The molecule has 2 rings (SSSR count). The summed E-state index contributed by atoms with van der Waals surface area (Å²) in [6.07, 6.45) is 1.05. The molecule has 1 heterocycles.